The van der Waals surface area contributed by atoms with Gasteiger partial charge in [-0.15, -0.1) is 0 Å². The molecule has 0 aliphatic heterocycles. The lowest BCUT2D eigenvalue weighted by Gasteiger charge is -2.21. The van der Waals surface area contributed by atoms with E-state index in [2.05, 4.69) is 20.6 Å². The van der Waals surface area contributed by atoms with Crippen LogP contribution in [0.4, 0.5) is 36.3 Å². The number of carbonyl (C=O) groups is 1. The van der Waals surface area contributed by atoms with Crippen molar-refractivity contribution in [1.82, 2.24) is 9.97 Å². The second-order valence-corrected chi connectivity index (χ2v) is 11.3. The summed E-state index contributed by atoms with van der Waals surface area (Å²) in [5.74, 6) is 0.185. The molecule has 0 radical (unpaired) electrons. The first kappa shape index (κ1) is 27.4. The van der Waals surface area contributed by atoms with Crippen LogP contribution < -0.4 is 14.9 Å². The monoisotopic (exact) mass is 547 g/mol. The zero-order valence-corrected chi connectivity index (χ0v) is 21.7. The highest BCUT2D eigenvalue weighted by molar-refractivity contribution is 7.92. The first-order valence-corrected chi connectivity index (χ1v) is 13.9. The molecule has 1 fully saturated rings. The van der Waals surface area contributed by atoms with E-state index in [1.165, 1.54) is 19.9 Å². The van der Waals surface area contributed by atoms with Crippen molar-refractivity contribution in [3.05, 3.63) is 71.4 Å². The fraction of sp³-hybridized carbons (Fsp3) is 0.346. The van der Waals surface area contributed by atoms with Gasteiger partial charge >= 0.3 is 6.18 Å². The average Bonchev–Trinajstić information content (AvgIpc) is 3.70. The van der Waals surface area contributed by atoms with Crippen LogP contribution in [0, 0.1) is 5.92 Å². The second-order valence-electron chi connectivity index (χ2n) is 9.27. The number of para-hydroxylation sites is 1. The Morgan fingerprint density at radius 3 is 2.42 bits per heavy atom. The van der Waals surface area contributed by atoms with Crippen molar-refractivity contribution in [1.29, 1.82) is 0 Å². The summed E-state index contributed by atoms with van der Waals surface area (Å²) in [7, 11) is -2.21. The van der Waals surface area contributed by atoms with Gasteiger partial charge in [0.2, 0.25) is 16.0 Å². The van der Waals surface area contributed by atoms with E-state index in [1.807, 2.05) is 0 Å². The third kappa shape index (κ3) is 7.00. The quantitative estimate of drug-likeness (QED) is 0.300. The molecule has 0 unspecified atom stereocenters. The lowest BCUT2D eigenvalue weighted by atomic mass is 10.0. The molecule has 3 aromatic rings. The molecular formula is C26H28F3N5O3S. The van der Waals surface area contributed by atoms with E-state index in [4.69, 9.17) is 0 Å². The van der Waals surface area contributed by atoms with E-state index in [9.17, 15) is 26.4 Å². The Bertz CT molecular complexity index is 1410. The number of hydrogen-bond donors (Lipinski definition) is 2. The molecule has 0 amide bonds. The van der Waals surface area contributed by atoms with Crippen LogP contribution in [0.25, 0.3) is 0 Å². The molecular weight excluding hydrogens is 519 g/mol. The standard InChI is InChI=1S/C26H28F3N5O3S/c1-34(38(2,36)37)22-6-4-3-5-19(22)15-30-24-21(26(27,28)29)16-31-25(33-24)32-20-12-10-18(11-13-20)23(35)14-9-17-7-8-17/h3-6,10-13,16-17H,7-9,14-15H2,1-2H3,(H2,30,31,32,33). The SMILES string of the molecule is CN(c1ccccc1CNc1nc(Nc2ccc(C(=O)CCC3CC3)cc2)ncc1C(F)(F)F)S(C)(=O)=O. The van der Waals surface area contributed by atoms with Crippen LogP contribution in [0.2, 0.25) is 0 Å². The van der Waals surface area contributed by atoms with Crippen molar-refractivity contribution in [2.45, 2.75) is 38.4 Å². The van der Waals surface area contributed by atoms with Crippen molar-refractivity contribution in [3.63, 3.8) is 0 Å². The van der Waals surface area contributed by atoms with Crippen molar-refractivity contribution >= 4 is 38.9 Å². The lowest BCUT2D eigenvalue weighted by Crippen LogP contribution is -2.26. The Balaban J connectivity index is 1.51. The van der Waals surface area contributed by atoms with E-state index >= 15 is 0 Å². The van der Waals surface area contributed by atoms with Gasteiger partial charge in [-0.2, -0.15) is 18.2 Å². The summed E-state index contributed by atoms with van der Waals surface area (Å²) in [5, 5.41) is 5.55. The van der Waals surface area contributed by atoms with Crippen LogP contribution in [0.1, 0.15) is 47.2 Å². The number of halogens is 3. The number of ketones is 1. The van der Waals surface area contributed by atoms with Crippen molar-refractivity contribution in [2.75, 3.05) is 28.2 Å². The van der Waals surface area contributed by atoms with Gasteiger partial charge in [0.1, 0.15) is 11.4 Å². The summed E-state index contributed by atoms with van der Waals surface area (Å²) < 4.78 is 66.1. The molecule has 12 heteroatoms. The van der Waals surface area contributed by atoms with Gasteiger partial charge in [-0.25, -0.2) is 13.4 Å². The van der Waals surface area contributed by atoms with E-state index in [0.717, 1.165) is 17.0 Å². The lowest BCUT2D eigenvalue weighted by molar-refractivity contribution is -0.137. The van der Waals surface area contributed by atoms with Gasteiger partial charge in [0.05, 0.1) is 11.9 Å². The maximum atomic E-state index is 13.7. The summed E-state index contributed by atoms with van der Waals surface area (Å²) in [6, 6.07) is 13.1. The summed E-state index contributed by atoms with van der Waals surface area (Å²) >= 11 is 0. The van der Waals surface area contributed by atoms with Crippen LogP contribution in [-0.2, 0) is 22.7 Å². The third-order valence-corrected chi connectivity index (χ3v) is 7.50. The zero-order valence-electron chi connectivity index (χ0n) is 20.9. The number of benzene rings is 2. The molecule has 2 N–H and O–H groups in total. The minimum Gasteiger partial charge on any atom is -0.365 e. The molecule has 1 aliphatic carbocycles. The Labute approximate surface area is 219 Å². The van der Waals surface area contributed by atoms with Gasteiger partial charge in [-0.05, 0) is 48.2 Å². The largest absolute Gasteiger partial charge is 0.421 e. The fourth-order valence-corrected chi connectivity index (χ4v) is 4.40. The summed E-state index contributed by atoms with van der Waals surface area (Å²) in [6.45, 7) is -0.118. The number of nitrogens with zero attached hydrogens (tertiary/aromatic N) is 3. The van der Waals surface area contributed by atoms with Gasteiger partial charge in [-0.3, -0.25) is 9.10 Å². The van der Waals surface area contributed by atoms with E-state index in [1.54, 1.807) is 48.5 Å². The second kappa shape index (κ2) is 11.0. The third-order valence-electron chi connectivity index (χ3n) is 6.31. The molecule has 1 aliphatic rings. The molecule has 1 heterocycles. The highest BCUT2D eigenvalue weighted by Crippen LogP contribution is 2.35. The summed E-state index contributed by atoms with van der Waals surface area (Å²) in [5.41, 5.74) is 0.812. The van der Waals surface area contributed by atoms with Crippen LogP contribution in [0.15, 0.2) is 54.7 Å². The molecule has 38 heavy (non-hydrogen) atoms. The van der Waals surface area contributed by atoms with E-state index < -0.39 is 27.6 Å². The number of aromatic nitrogens is 2. The molecule has 1 aromatic heterocycles. The van der Waals surface area contributed by atoms with Crippen LogP contribution in [-0.4, -0.2) is 37.5 Å². The summed E-state index contributed by atoms with van der Waals surface area (Å²) in [6.07, 6.45) is 0.765. The highest BCUT2D eigenvalue weighted by atomic mass is 32.2. The molecule has 4 rings (SSSR count). The number of rotatable bonds is 11. The van der Waals surface area contributed by atoms with Gasteiger partial charge in [0.15, 0.2) is 5.78 Å². The Hall–Kier alpha value is -3.67. The van der Waals surface area contributed by atoms with Gasteiger partial charge in [0, 0.05) is 37.5 Å². The molecule has 1 saturated carbocycles. The number of nitrogens with one attached hydrogen (secondary N) is 2. The smallest absolute Gasteiger partial charge is 0.365 e. The zero-order chi connectivity index (χ0) is 27.5. The van der Waals surface area contributed by atoms with Crippen molar-refractivity contribution in [2.24, 2.45) is 5.92 Å². The highest BCUT2D eigenvalue weighted by Gasteiger charge is 2.35. The Kier molecular flexibility index (Phi) is 7.91. The van der Waals surface area contributed by atoms with Gasteiger partial charge in [-0.1, -0.05) is 31.0 Å². The predicted octanol–water partition coefficient (Wildman–Crippen LogP) is 5.62. The average molecular weight is 548 g/mol. The van der Waals surface area contributed by atoms with Gasteiger partial charge < -0.3 is 10.6 Å². The normalized spacial score (nSPS) is 13.7. The first-order valence-electron chi connectivity index (χ1n) is 12.0. The number of hydrogen-bond acceptors (Lipinski definition) is 7. The van der Waals surface area contributed by atoms with E-state index in [-0.39, 0.29) is 18.3 Å². The molecule has 0 atom stereocenters. The maximum Gasteiger partial charge on any atom is 0.421 e. The van der Waals surface area contributed by atoms with Crippen LogP contribution in [0.5, 0.6) is 0 Å². The van der Waals surface area contributed by atoms with Crippen LogP contribution >= 0.6 is 0 Å². The molecule has 0 saturated heterocycles. The number of sulfonamides is 1. The van der Waals surface area contributed by atoms with Crippen molar-refractivity contribution < 1.29 is 26.4 Å². The molecule has 8 nitrogen and oxygen atoms in total. The first-order chi connectivity index (χ1) is 17.9. The van der Waals surface area contributed by atoms with Crippen LogP contribution in [0.3, 0.4) is 0 Å². The Morgan fingerprint density at radius 1 is 1.11 bits per heavy atom. The minimum absolute atomic E-state index is 0.0579. The number of alkyl halides is 3. The molecule has 0 spiro atoms. The predicted molar refractivity (Wildman–Crippen MR) is 140 cm³/mol. The molecule has 0 bridgehead atoms. The Morgan fingerprint density at radius 2 is 1.79 bits per heavy atom. The number of Topliss-reactive ketones (excluding diaryl/α,β-unsaturated/α-hetero) is 1. The number of carbonyl (C=O) groups excluding carboxylic acids is 1. The van der Waals surface area contributed by atoms with Crippen molar-refractivity contribution in [3.8, 4) is 0 Å². The van der Waals surface area contributed by atoms with Gasteiger partial charge in [0.25, 0.3) is 0 Å². The number of anilines is 4. The molecule has 202 valence electrons. The fourth-order valence-electron chi connectivity index (χ4n) is 3.86. The topological polar surface area (TPSA) is 104 Å². The molecule has 2 aromatic carbocycles. The maximum absolute atomic E-state index is 13.7. The van der Waals surface area contributed by atoms with E-state index in [0.29, 0.717) is 41.0 Å². The summed E-state index contributed by atoms with van der Waals surface area (Å²) in [4.78, 5) is 20.2. The minimum atomic E-state index is -4.72.